The summed E-state index contributed by atoms with van der Waals surface area (Å²) in [5.74, 6) is -0.570. The Labute approximate surface area is 196 Å². The van der Waals surface area contributed by atoms with Crippen molar-refractivity contribution in [2.45, 2.75) is 45.3 Å². The van der Waals surface area contributed by atoms with E-state index in [0.29, 0.717) is 47.7 Å². The molecule has 2 aromatic carbocycles. The molecule has 1 amide bonds. The van der Waals surface area contributed by atoms with Crippen molar-refractivity contribution in [3.05, 3.63) is 64.5 Å². The molecule has 0 saturated carbocycles. The van der Waals surface area contributed by atoms with Gasteiger partial charge in [0.2, 0.25) is 5.91 Å². The number of fused-ring (bicyclic) bond motifs is 1. The third kappa shape index (κ3) is 3.81. The summed E-state index contributed by atoms with van der Waals surface area (Å²) in [6.07, 6.45) is 2.49. The van der Waals surface area contributed by atoms with Crippen LogP contribution < -0.4 is 11.1 Å². The van der Waals surface area contributed by atoms with Gasteiger partial charge in [-0.05, 0) is 60.7 Å². The van der Waals surface area contributed by atoms with Gasteiger partial charge in [-0.3, -0.25) is 10.2 Å². The van der Waals surface area contributed by atoms with Gasteiger partial charge in [-0.2, -0.15) is 0 Å². The second kappa shape index (κ2) is 8.57. The van der Waals surface area contributed by atoms with E-state index < -0.39 is 5.82 Å². The number of imidazole rings is 1. The Kier molecular flexibility index (Phi) is 5.57. The smallest absolute Gasteiger partial charge is 0.240 e. The molecule has 1 aromatic heterocycles. The van der Waals surface area contributed by atoms with E-state index in [4.69, 9.17) is 11.1 Å². The molecule has 3 aromatic rings. The number of benzene rings is 2. The number of nitrogens with one attached hydrogen (secondary N) is 3. The zero-order chi connectivity index (χ0) is 24.0. The molecule has 2 aliphatic heterocycles. The van der Waals surface area contributed by atoms with Crippen LogP contribution in [0.15, 0.2) is 30.3 Å². The summed E-state index contributed by atoms with van der Waals surface area (Å²) in [5, 5.41) is 21.6. The van der Waals surface area contributed by atoms with E-state index in [2.05, 4.69) is 15.3 Å². The molecule has 0 aliphatic carbocycles. The summed E-state index contributed by atoms with van der Waals surface area (Å²) in [6, 6.07) is 7.84. The number of carbonyl (C=O) groups is 1. The average molecular weight is 463 g/mol. The molecule has 9 heteroatoms. The molecule has 6 N–H and O–H groups in total. The van der Waals surface area contributed by atoms with E-state index >= 15 is 0 Å². The third-order valence-corrected chi connectivity index (χ3v) is 6.65. The molecular weight excluding hydrogens is 435 g/mol. The molecule has 3 heterocycles. The molecule has 0 bridgehead atoms. The molecule has 5 rings (SSSR count). The monoisotopic (exact) mass is 462 g/mol. The number of aromatic amines is 1. The van der Waals surface area contributed by atoms with Crippen LogP contribution in [0.25, 0.3) is 11.1 Å². The lowest BCUT2D eigenvalue weighted by molar-refractivity contribution is -0.133. The highest BCUT2D eigenvalue weighted by Crippen LogP contribution is 2.32. The van der Waals surface area contributed by atoms with E-state index in [0.717, 1.165) is 36.3 Å². The van der Waals surface area contributed by atoms with Crippen LogP contribution in [0, 0.1) is 11.2 Å². The van der Waals surface area contributed by atoms with Gasteiger partial charge >= 0.3 is 0 Å². The highest BCUT2D eigenvalue weighted by Gasteiger charge is 2.33. The van der Waals surface area contributed by atoms with Crippen LogP contribution >= 0.6 is 0 Å². The van der Waals surface area contributed by atoms with Crippen molar-refractivity contribution in [3.8, 4) is 16.9 Å². The summed E-state index contributed by atoms with van der Waals surface area (Å²) in [5.41, 5.74) is 11.1. The summed E-state index contributed by atoms with van der Waals surface area (Å²) < 4.78 is 14.0. The van der Waals surface area contributed by atoms with Gasteiger partial charge in [0, 0.05) is 11.3 Å². The topological polar surface area (TPSA) is 131 Å². The number of H-pyrrole nitrogens is 1. The first-order valence-electron chi connectivity index (χ1n) is 11.5. The first kappa shape index (κ1) is 22.1. The fourth-order valence-electron chi connectivity index (χ4n) is 4.78. The van der Waals surface area contributed by atoms with Crippen LogP contribution in [-0.2, 0) is 24.3 Å². The van der Waals surface area contributed by atoms with Crippen molar-refractivity contribution in [1.82, 2.24) is 20.2 Å². The van der Waals surface area contributed by atoms with Crippen molar-refractivity contribution < 1.29 is 14.3 Å². The first-order chi connectivity index (χ1) is 16.4. The molecule has 1 saturated heterocycles. The van der Waals surface area contributed by atoms with Gasteiger partial charge in [0.1, 0.15) is 5.71 Å². The maximum Gasteiger partial charge on any atom is 0.240 e. The van der Waals surface area contributed by atoms with E-state index in [1.165, 1.54) is 12.1 Å². The second-order valence-electron chi connectivity index (χ2n) is 8.85. The molecule has 1 atom stereocenters. The van der Waals surface area contributed by atoms with Gasteiger partial charge in [0.15, 0.2) is 17.4 Å². The third-order valence-electron chi connectivity index (χ3n) is 6.65. The van der Waals surface area contributed by atoms with Crippen molar-refractivity contribution in [2.24, 2.45) is 0 Å². The molecular formula is C25H27FN6O2. The fourth-order valence-corrected chi connectivity index (χ4v) is 4.78. The molecule has 1 fully saturated rings. The maximum absolute atomic E-state index is 14.0. The number of anilines is 1. The van der Waals surface area contributed by atoms with Gasteiger partial charge in [-0.1, -0.05) is 19.1 Å². The van der Waals surface area contributed by atoms with Gasteiger partial charge in [-0.25, -0.2) is 9.37 Å². The molecule has 176 valence electrons. The van der Waals surface area contributed by atoms with Gasteiger partial charge < -0.3 is 26.0 Å². The zero-order valence-corrected chi connectivity index (χ0v) is 18.9. The molecule has 0 spiro atoms. The van der Waals surface area contributed by atoms with Gasteiger partial charge in [0.05, 0.1) is 30.5 Å². The highest BCUT2D eigenvalue weighted by atomic mass is 19.1. The summed E-state index contributed by atoms with van der Waals surface area (Å²) in [7, 11) is 0. The van der Waals surface area contributed by atoms with Crippen molar-refractivity contribution >= 4 is 17.3 Å². The summed E-state index contributed by atoms with van der Waals surface area (Å²) in [6.45, 7) is 3.68. The first-order valence-corrected chi connectivity index (χ1v) is 11.5. The van der Waals surface area contributed by atoms with Crippen LogP contribution in [0.2, 0.25) is 0 Å². The van der Waals surface area contributed by atoms with E-state index in [1.807, 2.05) is 6.92 Å². The minimum atomic E-state index is -0.691. The van der Waals surface area contributed by atoms with Gasteiger partial charge in [0.25, 0.3) is 0 Å². The quantitative estimate of drug-likeness (QED) is 0.294. The Hall–Kier alpha value is -3.72. The van der Waals surface area contributed by atoms with Crippen molar-refractivity contribution in [2.75, 3.05) is 12.3 Å². The zero-order valence-electron chi connectivity index (χ0n) is 18.9. The number of phenols is 1. The van der Waals surface area contributed by atoms with Crippen molar-refractivity contribution in [3.63, 3.8) is 0 Å². The molecule has 1 unspecified atom stereocenters. The summed E-state index contributed by atoms with van der Waals surface area (Å²) in [4.78, 5) is 22.2. The lowest BCUT2D eigenvalue weighted by Crippen LogP contribution is -2.41. The molecule has 34 heavy (non-hydrogen) atoms. The minimum absolute atomic E-state index is 0.0949. The number of nitrogens with zero attached hydrogens (tertiary/aromatic N) is 2. The Morgan fingerprint density at radius 3 is 2.82 bits per heavy atom. The predicted molar refractivity (Wildman–Crippen MR) is 127 cm³/mol. The van der Waals surface area contributed by atoms with Crippen LogP contribution in [0.1, 0.15) is 48.1 Å². The van der Waals surface area contributed by atoms with E-state index in [-0.39, 0.29) is 23.4 Å². The van der Waals surface area contributed by atoms with Crippen LogP contribution in [0.3, 0.4) is 0 Å². The number of rotatable bonds is 5. The van der Waals surface area contributed by atoms with Gasteiger partial charge in [-0.15, -0.1) is 0 Å². The standard InChI is InChI=1S/C25H27FN6O2/c1-2-13-9-22(33)17(26)10-16(13)14-5-6-15(18(27)8-14)23(28)24-30-20-11-32(12-21(20)31-24)25(34)19-4-3-7-29-19/h5-6,8-10,19,28-29,33H,2-4,7,11-12,27H2,1H3,(H,30,31). The molecule has 8 nitrogen and oxygen atoms in total. The number of halogens is 1. The number of aryl methyl sites for hydroxylation is 1. The van der Waals surface area contributed by atoms with Crippen LogP contribution in [-0.4, -0.2) is 44.2 Å². The second-order valence-corrected chi connectivity index (χ2v) is 8.85. The average Bonchev–Trinajstić information content (AvgIpc) is 3.56. The van der Waals surface area contributed by atoms with Crippen LogP contribution in [0.5, 0.6) is 5.75 Å². The van der Waals surface area contributed by atoms with Crippen molar-refractivity contribution in [1.29, 1.82) is 5.41 Å². The molecule has 2 aliphatic rings. The maximum atomic E-state index is 14.0. The van der Waals surface area contributed by atoms with Crippen LogP contribution in [0.4, 0.5) is 10.1 Å². The van der Waals surface area contributed by atoms with E-state index in [9.17, 15) is 14.3 Å². The number of aromatic hydroxyl groups is 1. The number of carbonyl (C=O) groups excluding carboxylic acids is 1. The Morgan fingerprint density at radius 2 is 2.15 bits per heavy atom. The Morgan fingerprint density at radius 1 is 1.32 bits per heavy atom. The normalized spacial score (nSPS) is 17.2. The number of aromatic nitrogens is 2. The lowest BCUT2D eigenvalue weighted by Gasteiger charge is -2.20. The predicted octanol–water partition coefficient (Wildman–Crippen LogP) is 3.08. The lowest BCUT2D eigenvalue weighted by atomic mass is 9.95. The fraction of sp³-hybridized carbons (Fsp3) is 0.320. The van der Waals surface area contributed by atoms with E-state index in [1.54, 1.807) is 23.1 Å². The highest BCUT2D eigenvalue weighted by molar-refractivity contribution is 6.12. The number of hydrogen-bond donors (Lipinski definition) is 5. The minimum Gasteiger partial charge on any atom is -0.505 e. The SMILES string of the molecule is CCc1cc(O)c(F)cc1-c1ccc(C(=N)c2nc3c([nH]2)CN(C(=O)C2CCCN2)C3)c(N)c1. The largest absolute Gasteiger partial charge is 0.505 e. The number of nitrogens with two attached hydrogens (primary N) is 1. The number of hydrogen-bond acceptors (Lipinski definition) is 6. The number of phenolic OH excluding ortho intramolecular Hbond substituents is 1. The number of amides is 1. The Bertz CT molecular complexity index is 1270. The Balaban J connectivity index is 1.36. The molecule has 0 radical (unpaired) electrons. The number of nitrogen functional groups attached to an aromatic ring is 1. The summed E-state index contributed by atoms with van der Waals surface area (Å²) >= 11 is 0.